The van der Waals surface area contributed by atoms with Gasteiger partial charge in [0.15, 0.2) is 0 Å². The standard InChI is InChI=1S/C13H21BrN2OS/c1-3-16(9-11-7-8-12(14)18-11)13(17)6-4-5-10(2)15/h7-8,10H,3-6,9,15H2,1-2H3. The Morgan fingerprint density at radius 1 is 1.56 bits per heavy atom. The zero-order valence-corrected chi connectivity index (χ0v) is 13.4. The highest BCUT2D eigenvalue weighted by Crippen LogP contribution is 2.23. The second-order valence-electron chi connectivity index (χ2n) is 4.48. The summed E-state index contributed by atoms with van der Waals surface area (Å²) in [6, 6.07) is 4.27. The van der Waals surface area contributed by atoms with Gasteiger partial charge in [0, 0.05) is 23.9 Å². The minimum Gasteiger partial charge on any atom is -0.338 e. The normalized spacial score (nSPS) is 12.4. The number of halogens is 1. The molecule has 2 N–H and O–H groups in total. The van der Waals surface area contributed by atoms with Crippen molar-refractivity contribution in [3.05, 3.63) is 20.8 Å². The first kappa shape index (κ1) is 15.7. The number of amides is 1. The van der Waals surface area contributed by atoms with Gasteiger partial charge < -0.3 is 10.6 Å². The fourth-order valence-electron chi connectivity index (χ4n) is 1.73. The van der Waals surface area contributed by atoms with Gasteiger partial charge in [-0.3, -0.25) is 4.79 Å². The molecule has 1 aromatic heterocycles. The van der Waals surface area contributed by atoms with Gasteiger partial charge in [-0.15, -0.1) is 11.3 Å². The van der Waals surface area contributed by atoms with Crippen molar-refractivity contribution in [2.75, 3.05) is 6.54 Å². The largest absolute Gasteiger partial charge is 0.338 e. The van der Waals surface area contributed by atoms with Crippen molar-refractivity contribution >= 4 is 33.2 Å². The number of nitrogens with zero attached hydrogens (tertiary/aromatic N) is 1. The predicted octanol–water partition coefficient (Wildman–Crippen LogP) is 3.38. The molecule has 1 amide bonds. The van der Waals surface area contributed by atoms with E-state index in [-0.39, 0.29) is 11.9 Å². The number of hydrogen-bond acceptors (Lipinski definition) is 3. The number of carbonyl (C=O) groups excluding carboxylic acids is 1. The van der Waals surface area contributed by atoms with Crippen LogP contribution in [0.4, 0.5) is 0 Å². The van der Waals surface area contributed by atoms with Crippen LogP contribution in [-0.4, -0.2) is 23.4 Å². The van der Waals surface area contributed by atoms with E-state index in [9.17, 15) is 4.79 Å². The fraction of sp³-hybridized carbons (Fsp3) is 0.615. The van der Waals surface area contributed by atoms with Crippen molar-refractivity contribution in [1.82, 2.24) is 4.90 Å². The van der Waals surface area contributed by atoms with Crippen molar-refractivity contribution in [3.63, 3.8) is 0 Å². The third kappa shape index (κ3) is 5.50. The molecule has 18 heavy (non-hydrogen) atoms. The molecule has 0 aliphatic rings. The smallest absolute Gasteiger partial charge is 0.222 e. The Hall–Kier alpha value is -0.390. The minimum atomic E-state index is 0.182. The maximum Gasteiger partial charge on any atom is 0.222 e. The van der Waals surface area contributed by atoms with Crippen LogP contribution in [0, 0.1) is 0 Å². The zero-order chi connectivity index (χ0) is 13.5. The van der Waals surface area contributed by atoms with E-state index < -0.39 is 0 Å². The monoisotopic (exact) mass is 332 g/mol. The number of carbonyl (C=O) groups is 1. The lowest BCUT2D eigenvalue weighted by atomic mass is 10.1. The van der Waals surface area contributed by atoms with Gasteiger partial charge >= 0.3 is 0 Å². The lowest BCUT2D eigenvalue weighted by Gasteiger charge is -2.20. The average molecular weight is 333 g/mol. The quantitative estimate of drug-likeness (QED) is 0.831. The molecular formula is C13H21BrN2OS. The van der Waals surface area contributed by atoms with Crippen LogP contribution in [0.1, 0.15) is 38.0 Å². The highest BCUT2D eigenvalue weighted by atomic mass is 79.9. The Morgan fingerprint density at radius 3 is 2.78 bits per heavy atom. The fourth-order valence-corrected chi connectivity index (χ4v) is 3.23. The molecule has 0 aliphatic heterocycles. The molecule has 5 heteroatoms. The molecule has 0 aliphatic carbocycles. The van der Waals surface area contributed by atoms with Gasteiger partial charge in [0.05, 0.1) is 10.3 Å². The van der Waals surface area contributed by atoms with E-state index in [4.69, 9.17) is 5.73 Å². The summed E-state index contributed by atoms with van der Waals surface area (Å²) in [5.41, 5.74) is 5.69. The topological polar surface area (TPSA) is 46.3 Å². The Balaban J connectivity index is 2.42. The van der Waals surface area contributed by atoms with Crippen molar-refractivity contribution in [2.45, 2.75) is 45.7 Å². The van der Waals surface area contributed by atoms with Gasteiger partial charge in [-0.05, 0) is 54.8 Å². The van der Waals surface area contributed by atoms with Crippen LogP contribution in [0.25, 0.3) is 0 Å². The summed E-state index contributed by atoms with van der Waals surface area (Å²) >= 11 is 5.12. The second-order valence-corrected chi connectivity index (χ2v) is 7.03. The van der Waals surface area contributed by atoms with Crippen molar-refractivity contribution < 1.29 is 4.79 Å². The van der Waals surface area contributed by atoms with Gasteiger partial charge in [0.1, 0.15) is 0 Å². The Morgan fingerprint density at radius 2 is 2.28 bits per heavy atom. The van der Waals surface area contributed by atoms with Gasteiger partial charge in [-0.2, -0.15) is 0 Å². The summed E-state index contributed by atoms with van der Waals surface area (Å²) in [7, 11) is 0. The molecule has 102 valence electrons. The van der Waals surface area contributed by atoms with E-state index in [0.717, 1.165) is 23.2 Å². The Bertz CT molecular complexity index is 379. The zero-order valence-electron chi connectivity index (χ0n) is 11.0. The molecule has 1 atom stereocenters. The molecule has 0 aromatic carbocycles. The third-order valence-corrected chi connectivity index (χ3v) is 4.37. The van der Waals surface area contributed by atoms with Crippen molar-refractivity contribution in [2.24, 2.45) is 5.73 Å². The van der Waals surface area contributed by atoms with E-state index in [1.807, 2.05) is 24.8 Å². The van der Waals surface area contributed by atoms with Crippen LogP contribution < -0.4 is 5.73 Å². The number of rotatable bonds is 7. The molecule has 0 radical (unpaired) electrons. The van der Waals surface area contributed by atoms with Crippen molar-refractivity contribution in [1.29, 1.82) is 0 Å². The third-order valence-electron chi connectivity index (χ3n) is 2.76. The molecule has 1 aromatic rings. The van der Waals surface area contributed by atoms with E-state index in [1.54, 1.807) is 11.3 Å². The highest BCUT2D eigenvalue weighted by Gasteiger charge is 2.13. The maximum atomic E-state index is 12.0. The molecule has 0 saturated carbocycles. The Labute approximate surface area is 121 Å². The minimum absolute atomic E-state index is 0.182. The van der Waals surface area contributed by atoms with E-state index in [2.05, 4.69) is 22.0 Å². The van der Waals surface area contributed by atoms with Crippen LogP contribution in [0.3, 0.4) is 0 Å². The Kier molecular flexibility index (Phi) is 6.89. The van der Waals surface area contributed by atoms with Crippen LogP contribution in [0.2, 0.25) is 0 Å². The molecule has 0 spiro atoms. The number of nitrogens with two attached hydrogens (primary N) is 1. The van der Waals surface area contributed by atoms with E-state index >= 15 is 0 Å². The van der Waals surface area contributed by atoms with Gasteiger partial charge in [-0.25, -0.2) is 0 Å². The summed E-state index contributed by atoms with van der Waals surface area (Å²) in [6.07, 6.45) is 2.39. The number of hydrogen-bond donors (Lipinski definition) is 1. The van der Waals surface area contributed by atoms with Crippen LogP contribution >= 0.6 is 27.3 Å². The summed E-state index contributed by atoms with van der Waals surface area (Å²) < 4.78 is 1.11. The molecular weight excluding hydrogens is 312 g/mol. The van der Waals surface area contributed by atoms with Gasteiger partial charge in [0.25, 0.3) is 0 Å². The van der Waals surface area contributed by atoms with Gasteiger partial charge in [0.2, 0.25) is 5.91 Å². The summed E-state index contributed by atoms with van der Waals surface area (Å²) in [5, 5.41) is 0. The number of thiophene rings is 1. The first-order valence-electron chi connectivity index (χ1n) is 6.30. The van der Waals surface area contributed by atoms with Crippen LogP contribution in [0.5, 0.6) is 0 Å². The predicted molar refractivity (Wildman–Crippen MR) is 80.6 cm³/mol. The summed E-state index contributed by atoms with van der Waals surface area (Å²) in [6.45, 7) is 5.47. The summed E-state index contributed by atoms with van der Waals surface area (Å²) in [5.74, 6) is 0.225. The molecule has 0 saturated heterocycles. The highest BCUT2D eigenvalue weighted by molar-refractivity contribution is 9.11. The lowest BCUT2D eigenvalue weighted by Crippen LogP contribution is -2.30. The van der Waals surface area contributed by atoms with E-state index in [1.165, 1.54) is 4.88 Å². The molecule has 1 rings (SSSR count). The van der Waals surface area contributed by atoms with Crippen molar-refractivity contribution in [3.8, 4) is 0 Å². The van der Waals surface area contributed by atoms with E-state index in [0.29, 0.717) is 13.0 Å². The molecule has 0 fully saturated rings. The lowest BCUT2D eigenvalue weighted by molar-refractivity contribution is -0.131. The first-order chi connectivity index (χ1) is 8.52. The van der Waals surface area contributed by atoms with Crippen LogP contribution in [0.15, 0.2) is 15.9 Å². The molecule has 0 bridgehead atoms. The molecule has 1 unspecified atom stereocenters. The average Bonchev–Trinajstić information content (AvgIpc) is 2.71. The first-order valence-corrected chi connectivity index (χ1v) is 7.91. The molecule has 1 heterocycles. The van der Waals surface area contributed by atoms with Gasteiger partial charge in [-0.1, -0.05) is 0 Å². The second kappa shape index (κ2) is 7.92. The molecule has 3 nitrogen and oxygen atoms in total. The SMILES string of the molecule is CCN(Cc1ccc(Br)s1)C(=O)CCCC(C)N. The van der Waals surface area contributed by atoms with Crippen LogP contribution in [-0.2, 0) is 11.3 Å². The summed E-state index contributed by atoms with van der Waals surface area (Å²) in [4.78, 5) is 15.2. The maximum absolute atomic E-state index is 12.0.